The molecule has 14 heavy (non-hydrogen) atoms. The molecule has 0 bridgehead atoms. The largest absolute Gasteiger partial charge is 0.352 e. The minimum Gasteiger partial charge on any atom is -0.352 e. The summed E-state index contributed by atoms with van der Waals surface area (Å²) in [7, 11) is 0. The maximum Gasteiger partial charge on any atom is 0.160 e. The van der Waals surface area contributed by atoms with Crippen LogP contribution in [0, 0.1) is 11.8 Å². The zero-order valence-corrected chi connectivity index (χ0v) is 8.78. The van der Waals surface area contributed by atoms with Crippen molar-refractivity contribution in [1.29, 1.82) is 0 Å². The van der Waals surface area contributed by atoms with Crippen molar-refractivity contribution in [3.05, 3.63) is 12.7 Å². The van der Waals surface area contributed by atoms with Crippen molar-refractivity contribution in [1.82, 2.24) is 0 Å². The summed E-state index contributed by atoms with van der Waals surface area (Å²) in [4.78, 5) is 0. The molecule has 0 spiro atoms. The molecule has 2 aliphatic heterocycles. The molecule has 0 aliphatic carbocycles. The molecule has 3 atom stereocenters. The first-order valence-electron chi connectivity index (χ1n) is 5.76. The van der Waals surface area contributed by atoms with Crippen molar-refractivity contribution >= 4 is 0 Å². The molecule has 2 saturated heterocycles. The molecule has 2 heteroatoms. The van der Waals surface area contributed by atoms with E-state index in [1.54, 1.807) is 0 Å². The van der Waals surface area contributed by atoms with E-state index in [4.69, 9.17) is 9.47 Å². The highest BCUT2D eigenvalue weighted by Gasteiger charge is 2.38. The van der Waals surface area contributed by atoms with Crippen molar-refractivity contribution in [3.63, 3.8) is 0 Å². The molecule has 0 aromatic rings. The molecule has 1 unspecified atom stereocenters. The van der Waals surface area contributed by atoms with Gasteiger partial charge in [-0.3, -0.25) is 0 Å². The van der Waals surface area contributed by atoms with Crippen LogP contribution in [0.1, 0.15) is 32.1 Å². The first kappa shape index (κ1) is 10.2. The molecule has 0 amide bonds. The minimum absolute atomic E-state index is 0.123. The van der Waals surface area contributed by atoms with Crippen molar-refractivity contribution in [2.24, 2.45) is 11.8 Å². The third-order valence-corrected chi connectivity index (χ3v) is 3.38. The van der Waals surface area contributed by atoms with Crippen molar-refractivity contribution < 1.29 is 9.47 Å². The van der Waals surface area contributed by atoms with Crippen LogP contribution in [-0.4, -0.2) is 19.5 Å². The zero-order valence-electron chi connectivity index (χ0n) is 8.78. The predicted octanol–water partition coefficient (Wildman–Crippen LogP) is 2.74. The molecule has 80 valence electrons. The smallest absolute Gasteiger partial charge is 0.160 e. The summed E-state index contributed by atoms with van der Waals surface area (Å²) in [6.45, 7) is 5.55. The summed E-state index contributed by atoms with van der Waals surface area (Å²) in [5, 5.41) is 0. The van der Waals surface area contributed by atoms with E-state index in [0.29, 0.717) is 5.92 Å². The third kappa shape index (κ3) is 2.18. The molecule has 0 N–H and O–H groups in total. The quantitative estimate of drug-likeness (QED) is 0.508. The number of unbranched alkanes of at least 4 members (excludes halogenated alkanes) is 1. The number of allylic oxidation sites excluding steroid dienone is 1. The van der Waals surface area contributed by atoms with E-state index >= 15 is 0 Å². The van der Waals surface area contributed by atoms with Gasteiger partial charge in [-0.25, -0.2) is 0 Å². The Morgan fingerprint density at radius 1 is 1.36 bits per heavy atom. The molecule has 2 aliphatic rings. The normalized spacial score (nSPS) is 36.7. The van der Waals surface area contributed by atoms with Crippen LogP contribution in [0.3, 0.4) is 0 Å². The third-order valence-electron chi connectivity index (χ3n) is 3.38. The van der Waals surface area contributed by atoms with Gasteiger partial charge in [-0.2, -0.15) is 0 Å². The molecular formula is C12H20O2. The number of fused-ring (bicyclic) bond motifs is 1. The highest BCUT2D eigenvalue weighted by molar-refractivity contribution is 4.82. The van der Waals surface area contributed by atoms with E-state index in [0.717, 1.165) is 25.6 Å². The number of hydrogen-bond donors (Lipinski definition) is 0. The maximum atomic E-state index is 5.65. The van der Waals surface area contributed by atoms with Crippen molar-refractivity contribution in [2.45, 2.75) is 38.4 Å². The fourth-order valence-corrected chi connectivity index (χ4v) is 2.57. The van der Waals surface area contributed by atoms with Crippen LogP contribution in [0.4, 0.5) is 0 Å². The molecule has 0 aromatic heterocycles. The van der Waals surface area contributed by atoms with E-state index in [2.05, 4.69) is 6.58 Å². The molecule has 2 rings (SSSR count). The van der Waals surface area contributed by atoms with E-state index in [1.807, 2.05) is 6.08 Å². The van der Waals surface area contributed by atoms with Crippen LogP contribution in [0.25, 0.3) is 0 Å². The average molecular weight is 196 g/mol. The SMILES string of the molecule is C=CCCCC1CO[C@H]2OCCC[C@@H]12. The van der Waals surface area contributed by atoms with Crippen LogP contribution in [0.15, 0.2) is 12.7 Å². The molecule has 2 heterocycles. The van der Waals surface area contributed by atoms with Gasteiger partial charge >= 0.3 is 0 Å². The van der Waals surface area contributed by atoms with Gasteiger partial charge in [0.1, 0.15) is 0 Å². The van der Waals surface area contributed by atoms with Gasteiger partial charge in [0, 0.05) is 12.5 Å². The van der Waals surface area contributed by atoms with Crippen molar-refractivity contribution in [3.8, 4) is 0 Å². The highest BCUT2D eigenvalue weighted by atomic mass is 16.7. The Bertz CT molecular complexity index is 191. The number of rotatable bonds is 4. The van der Waals surface area contributed by atoms with Gasteiger partial charge < -0.3 is 9.47 Å². The standard InChI is InChI=1S/C12H20O2/c1-2-3-4-6-10-9-14-12-11(10)7-5-8-13-12/h2,10-12H,1,3-9H2/t10?,11-,12+/m0/s1. The van der Waals surface area contributed by atoms with Crippen LogP contribution in [0.2, 0.25) is 0 Å². The lowest BCUT2D eigenvalue weighted by Crippen LogP contribution is -2.28. The van der Waals surface area contributed by atoms with Gasteiger partial charge in [0.2, 0.25) is 0 Å². The van der Waals surface area contributed by atoms with Crippen LogP contribution >= 0.6 is 0 Å². The van der Waals surface area contributed by atoms with Crippen molar-refractivity contribution in [2.75, 3.05) is 13.2 Å². The van der Waals surface area contributed by atoms with Gasteiger partial charge in [-0.15, -0.1) is 6.58 Å². The Hall–Kier alpha value is -0.340. The van der Waals surface area contributed by atoms with E-state index < -0.39 is 0 Å². The lowest BCUT2D eigenvalue weighted by molar-refractivity contribution is -0.151. The van der Waals surface area contributed by atoms with Gasteiger partial charge in [-0.05, 0) is 38.0 Å². The van der Waals surface area contributed by atoms with Crippen LogP contribution in [-0.2, 0) is 9.47 Å². The fourth-order valence-electron chi connectivity index (χ4n) is 2.57. The Morgan fingerprint density at radius 2 is 2.29 bits per heavy atom. The molecule has 2 nitrogen and oxygen atoms in total. The maximum absolute atomic E-state index is 5.65. The summed E-state index contributed by atoms with van der Waals surface area (Å²) >= 11 is 0. The molecule has 0 radical (unpaired) electrons. The summed E-state index contributed by atoms with van der Waals surface area (Å²) in [5.74, 6) is 1.41. The van der Waals surface area contributed by atoms with Gasteiger partial charge in [0.05, 0.1) is 6.61 Å². The first-order valence-corrected chi connectivity index (χ1v) is 5.76. The van der Waals surface area contributed by atoms with Gasteiger partial charge in [0.15, 0.2) is 6.29 Å². The molecule has 2 fully saturated rings. The monoisotopic (exact) mass is 196 g/mol. The summed E-state index contributed by atoms with van der Waals surface area (Å²) in [6, 6.07) is 0. The number of hydrogen-bond acceptors (Lipinski definition) is 2. The second-order valence-electron chi connectivity index (χ2n) is 4.36. The van der Waals surface area contributed by atoms with Gasteiger partial charge in [0.25, 0.3) is 0 Å². The summed E-state index contributed by atoms with van der Waals surface area (Å²) < 4.78 is 11.2. The first-order chi connectivity index (χ1) is 6.92. The zero-order chi connectivity index (χ0) is 9.80. The highest BCUT2D eigenvalue weighted by Crippen LogP contribution is 2.37. The lowest BCUT2D eigenvalue weighted by Gasteiger charge is -2.27. The molecular weight excluding hydrogens is 176 g/mol. The Morgan fingerprint density at radius 3 is 3.14 bits per heavy atom. The molecule has 0 aromatic carbocycles. The van der Waals surface area contributed by atoms with Gasteiger partial charge in [-0.1, -0.05) is 6.08 Å². The summed E-state index contributed by atoms with van der Waals surface area (Å²) in [6.07, 6.45) is 8.29. The Kier molecular flexibility index (Phi) is 3.60. The lowest BCUT2D eigenvalue weighted by atomic mass is 9.86. The van der Waals surface area contributed by atoms with Crippen LogP contribution < -0.4 is 0 Å². The topological polar surface area (TPSA) is 18.5 Å². The second kappa shape index (κ2) is 4.94. The fraction of sp³-hybridized carbons (Fsp3) is 0.833. The summed E-state index contributed by atoms with van der Waals surface area (Å²) in [5.41, 5.74) is 0. The van der Waals surface area contributed by atoms with E-state index in [1.165, 1.54) is 25.7 Å². The van der Waals surface area contributed by atoms with E-state index in [-0.39, 0.29) is 6.29 Å². The molecule has 0 saturated carbocycles. The average Bonchev–Trinajstić information content (AvgIpc) is 2.63. The minimum atomic E-state index is 0.123. The Balaban J connectivity index is 1.78. The van der Waals surface area contributed by atoms with E-state index in [9.17, 15) is 0 Å². The predicted molar refractivity (Wildman–Crippen MR) is 56.0 cm³/mol. The second-order valence-corrected chi connectivity index (χ2v) is 4.36. The Labute approximate surface area is 86.3 Å². The van der Waals surface area contributed by atoms with Crippen LogP contribution in [0.5, 0.6) is 0 Å². The number of ether oxygens (including phenoxy) is 2.